The molecule has 1 saturated carbocycles. The van der Waals surface area contributed by atoms with Gasteiger partial charge in [-0.3, -0.25) is 4.79 Å². The van der Waals surface area contributed by atoms with Gasteiger partial charge in [-0.15, -0.1) is 0 Å². The van der Waals surface area contributed by atoms with E-state index in [9.17, 15) is 4.79 Å². The standard InChI is InChI=1S/C12H14O3/c1-9(13)15-12-6-4-11(5-7-12)14-8-10-2-3-10/h4-7,10H,2-3,8H2,1H3. The quantitative estimate of drug-likeness (QED) is 0.560. The van der Waals surface area contributed by atoms with E-state index < -0.39 is 0 Å². The summed E-state index contributed by atoms with van der Waals surface area (Å²) in [4.78, 5) is 10.7. The molecule has 3 heteroatoms. The zero-order valence-electron chi connectivity index (χ0n) is 8.73. The molecule has 0 amide bonds. The lowest BCUT2D eigenvalue weighted by atomic mass is 10.3. The van der Waals surface area contributed by atoms with Gasteiger partial charge in [0.1, 0.15) is 11.5 Å². The average Bonchev–Trinajstić information content (AvgIpc) is 2.99. The topological polar surface area (TPSA) is 35.5 Å². The summed E-state index contributed by atoms with van der Waals surface area (Å²) >= 11 is 0. The van der Waals surface area contributed by atoms with E-state index in [1.165, 1.54) is 19.8 Å². The van der Waals surface area contributed by atoms with E-state index in [2.05, 4.69) is 0 Å². The summed E-state index contributed by atoms with van der Waals surface area (Å²) in [7, 11) is 0. The Morgan fingerprint density at radius 3 is 2.40 bits per heavy atom. The van der Waals surface area contributed by atoms with Crippen molar-refractivity contribution < 1.29 is 14.3 Å². The van der Waals surface area contributed by atoms with E-state index in [1.54, 1.807) is 12.1 Å². The van der Waals surface area contributed by atoms with Crippen molar-refractivity contribution in [1.29, 1.82) is 0 Å². The molecule has 2 rings (SSSR count). The van der Waals surface area contributed by atoms with E-state index in [1.807, 2.05) is 12.1 Å². The molecular weight excluding hydrogens is 192 g/mol. The Hall–Kier alpha value is -1.51. The molecule has 3 nitrogen and oxygen atoms in total. The number of ether oxygens (including phenoxy) is 2. The largest absolute Gasteiger partial charge is 0.493 e. The van der Waals surface area contributed by atoms with Gasteiger partial charge in [-0.25, -0.2) is 0 Å². The first kappa shape index (κ1) is 10.0. The van der Waals surface area contributed by atoms with Crippen molar-refractivity contribution in [3.8, 4) is 11.5 Å². The number of hydrogen-bond acceptors (Lipinski definition) is 3. The minimum absolute atomic E-state index is 0.304. The molecule has 0 N–H and O–H groups in total. The van der Waals surface area contributed by atoms with Crippen molar-refractivity contribution in [2.75, 3.05) is 6.61 Å². The minimum atomic E-state index is -0.304. The third-order valence-electron chi connectivity index (χ3n) is 2.27. The van der Waals surface area contributed by atoms with Crippen molar-refractivity contribution in [1.82, 2.24) is 0 Å². The molecule has 80 valence electrons. The minimum Gasteiger partial charge on any atom is -0.493 e. The summed E-state index contributed by atoms with van der Waals surface area (Å²) in [6, 6.07) is 7.12. The van der Waals surface area contributed by atoms with Gasteiger partial charge in [-0.05, 0) is 43.0 Å². The second kappa shape index (κ2) is 4.34. The van der Waals surface area contributed by atoms with Crippen LogP contribution in [0.25, 0.3) is 0 Å². The Labute approximate surface area is 89.0 Å². The van der Waals surface area contributed by atoms with Gasteiger partial charge in [0.2, 0.25) is 0 Å². The lowest BCUT2D eigenvalue weighted by Crippen LogP contribution is -2.02. The molecule has 0 radical (unpaired) electrons. The maximum atomic E-state index is 10.7. The van der Waals surface area contributed by atoms with Gasteiger partial charge < -0.3 is 9.47 Å². The molecule has 0 saturated heterocycles. The maximum absolute atomic E-state index is 10.7. The van der Waals surface area contributed by atoms with Crippen LogP contribution in [0.5, 0.6) is 11.5 Å². The number of rotatable bonds is 4. The molecule has 0 atom stereocenters. The fourth-order valence-electron chi connectivity index (χ4n) is 1.27. The van der Waals surface area contributed by atoms with Crippen LogP contribution in [-0.2, 0) is 4.79 Å². The highest BCUT2D eigenvalue weighted by molar-refractivity contribution is 5.69. The highest BCUT2D eigenvalue weighted by Crippen LogP contribution is 2.29. The molecular formula is C12H14O3. The first-order chi connectivity index (χ1) is 7.24. The zero-order chi connectivity index (χ0) is 10.7. The van der Waals surface area contributed by atoms with Gasteiger partial charge >= 0.3 is 5.97 Å². The normalized spacial score (nSPS) is 14.7. The first-order valence-electron chi connectivity index (χ1n) is 5.15. The van der Waals surface area contributed by atoms with Gasteiger partial charge in [-0.2, -0.15) is 0 Å². The van der Waals surface area contributed by atoms with Crippen LogP contribution in [0.1, 0.15) is 19.8 Å². The van der Waals surface area contributed by atoms with Crippen molar-refractivity contribution in [2.45, 2.75) is 19.8 Å². The van der Waals surface area contributed by atoms with Crippen molar-refractivity contribution in [3.63, 3.8) is 0 Å². The van der Waals surface area contributed by atoms with Crippen LogP contribution in [0.2, 0.25) is 0 Å². The lowest BCUT2D eigenvalue weighted by Gasteiger charge is -2.05. The first-order valence-corrected chi connectivity index (χ1v) is 5.15. The second-order valence-corrected chi connectivity index (χ2v) is 3.82. The van der Waals surface area contributed by atoms with Gasteiger partial charge in [0, 0.05) is 6.92 Å². The SMILES string of the molecule is CC(=O)Oc1ccc(OCC2CC2)cc1. The highest BCUT2D eigenvalue weighted by Gasteiger charge is 2.21. The maximum Gasteiger partial charge on any atom is 0.308 e. The fourth-order valence-corrected chi connectivity index (χ4v) is 1.27. The van der Waals surface area contributed by atoms with Gasteiger partial charge in [0.05, 0.1) is 6.61 Å². The van der Waals surface area contributed by atoms with Crippen LogP contribution in [0, 0.1) is 5.92 Å². The molecule has 1 aromatic rings. The van der Waals surface area contributed by atoms with Crippen molar-refractivity contribution >= 4 is 5.97 Å². The molecule has 0 aromatic heterocycles. The Morgan fingerprint density at radius 1 is 1.27 bits per heavy atom. The molecule has 0 heterocycles. The summed E-state index contributed by atoms with van der Waals surface area (Å²) in [6.07, 6.45) is 2.57. The smallest absolute Gasteiger partial charge is 0.308 e. The molecule has 0 bridgehead atoms. The van der Waals surface area contributed by atoms with Crippen LogP contribution >= 0.6 is 0 Å². The van der Waals surface area contributed by atoms with Gasteiger partial charge in [-0.1, -0.05) is 0 Å². The molecule has 0 unspecified atom stereocenters. The Bertz CT molecular complexity index is 338. The lowest BCUT2D eigenvalue weighted by molar-refractivity contribution is -0.131. The number of esters is 1. The Balaban J connectivity index is 1.87. The van der Waals surface area contributed by atoms with Gasteiger partial charge in [0.25, 0.3) is 0 Å². The number of hydrogen-bond donors (Lipinski definition) is 0. The molecule has 1 fully saturated rings. The zero-order valence-corrected chi connectivity index (χ0v) is 8.73. The summed E-state index contributed by atoms with van der Waals surface area (Å²) in [6.45, 7) is 2.18. The van der Waals surface area contributed by atoms with E-state index >= 15 is 0 Å². The monoisotopic (exact) mass is 206 g/mol. The highest BCUT2D eigenvalue weighted by atomic mass is 16.5. The second-order valence-electron chi connectivity index (χ2n) is 3.82. The van der Waals surface area contributed by atoms with Crippen LogP contribution in [0.4, 0.5) is 0 Å². The average molecular weight is 206 g/mol. The van der Waals surface area contributed by atoms with Crippen LogP contribution in [0.3, 0.4) is 0 Å². The predicted molar refractivity (Wildman–Crippen MR) is 56.0 cm³/mol. The number of benzene rings is 1. The van der Waals surface area contributed by atoms with E-state index in [4.69, 9.17) is 9.47 Å². The number of carbonyl (C=O) groups is 1. The summed E-state index contributed by atoms with van der Waals surface area (Å²) in [5.74, 6) is 1.83. The Kier molecular flexibility index (Phi) is 2.90. The van der Waals surface area contributed by atoms with E-state index in [-0.39, 0.29) is 5.97 Å². The summed E-state index contributed by atoms with van der Waals surface area (Å²) in [5.41, 5.74) is 0. The Morgan fingerprint density at radius 2 is 1.87 bits per heavy atom. The summed E-state index contributed by atoms with van der Waals surface area (Å²) < 4.78 is 10.5. The van der Waals surface area contributed by atoms with Gasteiger partial charge in [0.15, 0.2) is 0 Å². The predicted octanol–water partition coefficient (Wildman–Crippen LogP) is 2.40. The molecule has 1 aliphatic carbocycles. The van der Waals surface area contributed by atoms with Crippen LogP contribution in [-0.4, -0.2) is 12.6 Å². The van der Waals surface area contributed by atoms with Crippen LogP contribution in [0.15, 0.2) is 24.3 Å². The molecule has 1 aliphatic rings. The third-order valence-corrected chi connectivity index (χ3v) is 2.27. The fraction of sp³-hybridized carbons (Fsp3) is 0.417. The third kappa shape index (κ3) is 3.27. The van der Waals surface area contributed by atoms with Crippen molar-refractivity contribution in [2.24, 2.45) is 5.92 Å². The van der Waals surface area contributed by atoms with Crippen molar-refractivity contribution in [3.05, 3.63) is 24.3 Å². The van der Waals surface area contributed by atoms with E-state index in [0.29, 0.717) is 5.75 Å². The van der Waals surface area contributed by atoms with Crippen LogP contribution < -0.4 is 9.47 Å². The summed E-state index contributed by atoms with van der Waals surface area (Å²) in [5, 5.41) is 0. The van der Waals surface area contributed by atoms with E-state index in [0.717, 1.165) is 18.3 Å². The molecule has 0 aliphatic heterocycles. The number of carbonyl (C=O) groups excluding carboxylic acids is 1. The molecule has 1 aromatic carbocycles. The molecule has 15 heavy (non-hydrogen) atoms. The molecule has 0 spiro atoms.